The number of carbonyl (C=O) groups is 1. The monoisotopic (exact) mass is 609 g/mol. The Balaban J connectivity index is 1.03. The minimum atomic E-state index is -2.81. The Labute approximate surface area is 253 Å². The van der Waals surface area contributed by atoms with Crippen molar-refractivity contribution in [3.05, 3.63) is 59.4 Å². The van der Waals surface area contributed by atoms with E-state index in [1.807, 2.05) is 17.2 Å². The van der Waals surface area contributed by atoms with Crippen LogP contribution in [0.15, 0.2) is 36.8 Å². The van der Waals surface area contributed by atoms with Crippen LogP contribution < -0.4 is 19.7 Å². The highest BCUT2D eigenvalue weighted by Crippen LogP contribution is 2.52. The molecule has 2 aromatic heterocycles. The second-order valence-corrected chi connectivity index (χ2v) is 12.7. The van der Waals surface area contributed by atoms with E-state index in [0.29, 0.717) is 5.82 Å². The first-order valence-electron chi connectivity index (χ1n) is 15.0. The van der Waals surface area contributed by atoms with E-state index in [9.17, 15) is 18.0 Å². The van der Waals surface area contributed by atoms with Gasteiger partial charge in [0.05, 0.1) is 5.56 Å². The molecule has 1 amide bonds. The van der Waals surface area contributed by atoms with E-state index in [1.54, 1.807) is 13.8 Å². The third-order valence-corrected chi connectivity index (χ3v) is 9.11. The van der Waals surface area contributed by atoms with Gasteiger partial charge in [-0.05, 0) is 51.0 Å². The number of alkyl halides is 2. The van der Waals surface area contributed by atoms with Crippen LogP contribution in [0.5, 0.6) is 17.4 Å². The SMILES string of the molecule is CC(C)N(C(=O)c1cc(F)ccc1Oc1nncnc1N1CC2(CC(Oc3ccnc4c3CNCC4)C2)C1)C1CC(F)(F)C1. The smallest absolute Gasteiger partial charge is 0.282 e. The number of hydrogen-bond donors (Lipinski definition) is 1. The Kier molecular flexibility index (Phi) is 7.10. The molecule has 2 aliphatic carbocycles. The van der Waals surface area contributed by atoms with Gasteiger partial charge >= 0.3 is 0 Å². The minimum absolute atomic E-state index is 0.0548. The first kappa shape index (κ1) is 28.8. The first-order valence-corrected chi connectivity index (χ1v) is 15.0. The standard InChI is InChI=1S/C31H34F3N7O3/c1-18(2)41(20-10-31(33,34)11-20)29(42)22-9-19(32)3-4-25(22)44-28-27(37-17-38-39-28)40-15-30(16-40)12-21(13-30)43-26-6-8-36-24-5-7-35-14-23(24)26/h3-4,6,8-9,17-18,20-21,35H,5,7,10-16H2,1-2H3. The van der Waals surface area contributed by atoms with E-state index >= 15 is 0 Å². The van der Waals surface area contributed by atoms with Crippen molar-refractivity contribution in [3.63, 3.8) is 0 Å². The van der Waals surface area contributed by atoms with Gasteiger partial charge in [0.2, 0.25) is 0 Å². The van der Waals surface area contributed by atoms with Gasteiger partial charge in [-0.3, -0.25) is 9.78 Å². The van der Waals surface area contributed by atoms with Crippen LogP contribution >= 0.6 is 0 Å². The van der Waals surface area contributed by atoms with Gasteiger partial charge in [0, 0.05) is 80.4 Å². The zero-order valence-corrected chi connectivity index (χ0v) is 24.6. The van der Waals surface area contributed by atoms with Crippen LogP contribution in [0.3, 0.4) is 0 Å². The lowest BCUT2D eigenvalue weighted by atomic mass is 9.61. The zero-order chi connectivity index (χ0) is 30.6. The van der Waals surface area contributed by atoms with Crippen LogP contribution in [0.2, 0.25) is 0 Å². The quantitative estimate of drug-likeness (QED) is 0.394. The molecular weight excluding hydrogens is 575 g/mol. The lowest BCUT2D eigenvalue weighted by Crippen LogP contribution is -2.65. The fourth-order valence-corrected chi connectivity index (χ4v) is 6.98. The van der Waals surface area contributed by atoms with Crippen molar-refractivity contribution in [1.82, 2.24) is 30.4 Å². The number of rotatable bonds is 8. The molecule has 2 saturated carbocycles. The third kappa shape index (κ3) is 5.31. The number of nitrogens with one attached hydrogen (secondary N) is 1. The van der Waals surface area contributed by atoms with Gasteiger partial charge in [-0.15, -0.1) is 10.2 Å². The number of fused-ring (bicyclic) bond motifs is 1. The fraction of sp³-hybridized carbons (Fsp3) is 0.516. The first-order chi connectivity index (χ1) is 21.1. The molecule has 1 saturated heterocycles. The Morgan fingerprint density at radius 1 is 1.11 bits per heavy atom. The highest BCUT2D eigenvalue weighted by molar-refractivity contribution is 5.97. The largest absolute Gasteiger partial charge is 0.490 e. The molecule has 0 bridgehead atoms. The van der Waals surface area contributed by atoms with Crippen LogP contribution in [0, 0.1) is 11.2 Å². The van der Waals surface area contributed by atoms with Crippen LogP contribution in [-0.2, 0) is 13.0 Å². The molecule has 0 atom stereocenters. The van der Waals surface area contributed by atoms with E-state index in [-0.39, 0.29) is 34.8 Å². The Bertz CT molecular complexity index is 1570. The number of hydrogen-bond acceptors (Lipinski definition) is 9. The molecule has 7 rings (SSSR count). The van der Waals surface area contributed by atoms with Gasteiger partial charge in [-0.25, -0.2) is 18.2 Å². The topological polar surface area (TPSA) is 106 Å². The van der Waals surface area contributed by atoms with Gasteiger partial charge in [-0.1, -0.05) is 0 Å². The molecule has 44 heavy (non-hydrogen) atoms. The number of aromatic nitrogens is 4. The van der Waals surface area contributed by atoms with Crippen molar-refractivity contribution in [3.8, 4) is 17.4 Å². The summed E-state index contributed by atoms with van der Waals surface area (Å²) in [5.74, 6) is -2.53. The summed E-state index contributed by atoms with van der Waals surface area (Å²) in [5.41, 5.74) is 2.27. The maximum absolute atomic E-state index is 14.4. The van der Waals surface area contributed by atoms with Crippen LogP contribution in [0.25, 0.3) is 0 Å². The molecule has 0 unspecified atom stereocenters. The number of carbonyl (C=O) groups excluding carboxylic acids is 1. The van der Waals surface area contributed by atoms with Crippen molar-refractivity contribution in [2.24, 2.45) is 5.41 Å². The van der Waals surface area contributed by atoms with Crippen molar-refractivity contribution in [2.75, 3.05) is 24.5 Å². The Morgan fingerprint density at radius 2 is 1.91 bits per heavy atom. The van der Waals surface area contributed by atoms with E-state index in [0.717, 1.165) is 68.5 Å². The number of benzene rings is 1. The van der Waals surface area contributed by atoms with Crippen molar-refractivity contribution in [2.45, 2.75) is 76.6 Å². The van der Waals surface area contributed by atoms with Gasteiger partial charge < -0.3 is 24.6 Å². The maximum Gasteiger partial charge on any atom is 0.282 e. The third-order valence-electron chi connectivity index (χ3n) is 9.11. The van der Waals surface area contributed by atoms with Gasteiger partial charge in [0.1, 0.15) is 29.7 Å². The van der Waals surface area contributed by atoms with Crippen molar-refractivity contribution < 1.29 is 27.4 Å². The average molecular weight is 610 g/mol. The molecule has 13 heteroatoms. The van der Waals surface area contributed by atoms with Gasteiger partial charge in [0.15, 0.2) is 5.82 Å². The predicted octanol–water partition coefficient (Wildman–Crippen LogP) is 4.54. The summed E-state index contributed by atoms with van der Waals surface area (Å²) in [6.45, 7) is 6.63. The van der Waals surface area contributed by atoms with E-state index in [1.165, 1.54) is 23.4 Å². The summed E-state index contributed by atoms with van der Waals surface area (Å²) in [5, 5.41) is 11.4. The molecule has 0 radical (unpaired) electrons. The molecule has 3 aromatic rings. The van der Waals surface area contributed by atoms with Crippen LogP contribution in [0.1, 0.15) is 61.1 Å². The fourth-order valence-electron chi connectivity index (χ4n) is 6.98. The summed E-state index contributed by atoms with van der Waals surface area (Å²) in [6.07, 6.45) is 5.13. The summed E-state index contributed by atoms with van der Waals surface area (Å²) in [6, 6.07) is 4.51. The molecule has 1 N–H and O–H groups in total. The molecule has 4 aliphatic rings. The average Bonchev–Trinajstić information content (AvgIpc) is 2.94. The second-order valence-electron chi connectivity index (χ2n) is 12.7. The number of halogens is 3. The van der Waals surface area contributed by atoms with Gasteiger partial charge in [-0.2, -0.15) is 0 Å². The second kappa shape index (κ2) is 10.9. The maximum atomic E-state index is 14.4. The molecule has 2 aliphatic heterocycles. The number of anilines is 1. The minimum Gasteiger partial charge on any atom is -0.490 e. The Morgan fingerprint density at radius 3 is 2.66 bits per heavy atom. The highest BCUT2D eigenvalue weighted by atomic mass is 19.3. The molecule has 3 fully saturated rings. The highest BCUT2D eigenvalue weighted by Gasteiger charge is 2.55. The number of ether oxygens (including phenoxy) is 2. The predicted molar refractivity (Wildman–Crippen MR) is 154 cm³/mol. The number of pyridine rings is 1. The lowest BCUT2D eigenvalue weighted by Gasteiger charge is -2.58. The Hall–Kier alpha value is -4.00. The lowest BCUT2D eigenvalue weighted by molar-refractivity contribution is -0.120. The summed E-state index contributed by atoms with van der Waals surface area (Å²) >= 11 is 0. The van der Waals surface area contributed by atoms with E-state index in [4.69, 9.17) is 9.47 Å². The molecule has 1 aromatic carbocycles. The number of amides is 1. The van der Waals surface area contributed by atoms with Crippen LogP contribution in [-0.4, -0.2) is 74.7 Å². The summed E-state index contributed by atoms with van der Waals surface area (Å²) in [4.78, 5) is 25.9. The van der Waals surface area contributed by atoms with Crippen molar-refractivity contribution in [1.29, 1.82) is 0 Å². The molecule has 1 spiro atoms. The van der Waals surface area contributed by atoms with Gasteiger partial charge in [0.25, 0.3) is 17.7 Å². The van der Waals surface area contributed by atoms with Crippen LogP contribution in [0.4, 0.5) is 19.0 Å². The molecular formula is C31H34F3N7O3. The molecule has 10 nitrogen and oxygen atoms in total. The molecule has 4 heterocycles. The van der Waals surface area contributed by atoms with E-state index < -0.39 is 36.5 Å². The van der Waals surface area contributed by atoms with E-state index in [2.05, 4.69) is 25.5 Å². The number of nitrogens with zero attached hydrogens (tertiary/aromatic N) is 6. The van der Waals surface area contributed by atoms with Crippen molar-refractivity contribution >= 4 is 11.7 Å². The summed E-state index contributed by atoms with van der Waals surface area (Å²) < 4.78 is 54.2. The molecule has 232 valence electrons. The zero-order valence-electron chi connectivity index (χ0n) is 24.6. The summed E-state index contributed by atoms with van der Waals surface area (Å²) in [7, 11) is 0. The normalized spacial score (nSPS) is 20.4.